The van der Waals surface area contributed by atoms with E-state index < -0.39 is 0 Å². The standard InChI is InChI=1S/C28H35FN6O/c1-35-14-12-19(13-15-35)16-20-2-11-26(30-17-20)25-18-31-28(33-23-5-3-21(29)4-6-23)34-27(25)32-22-7-9-24(36)10-8-22/h2-6,11,17-19,22,24,36H,7-10,12-16H2,1H3,(H2,31,32,33,34). The fourth-order valence-corrected chi connectivity index (χ4v) is 5.12. The molecule has 0 radical (unpaired) electrons. The Morgan fingerprint density at radius 3 is 2.39 bits per heavy atom. The molecular formula is C28H35FN6O. The van der Waals surface area contributed by atoms with Gasteiger partial charge in [-0.1, -0.05) is 6.07 Å². The highest BCUT2D eigenvalue weighted by Gasteiger charge is 2.22. The highest BCUT2D eigenvalue weighted by Crippen LogP contribution is 2.30. The van der Waals surface area contributed by atoms with Gasteiger partial charge in [-0.2, -0.15) is 4.98 Å². The second kappa shape index (κ2) is 11.3. The lowest BCUT2D eigenvalue weighted by molar-refractivity contribution is 0.126. The Morgan fingerprint density at radius 1 is 0.944 bits per heavy atom. The Kier molecular flexibility index (Phi) is 7.72. The van der Waals surface area contributed by atoms with Crippen molar-refractivity contribution < 1.29 is 9.50 Å². The first kappa shape index (κ1) is 24.6. The van der Waals surface area contributed by atoms with Crippen LogP contribution in [0.3, 0.4) is 0 Å². The molecule has 8 heteroatoms. The molecule has 1 aliphatic carbocycles. The zero-order chi connectivity index (χ0) is 24.9. The molecule has 1 aliphatic heterocycles. The number of halogens is 1. The van der Waals surface area contributed by atoms with Crippen molar-refractivity contribution in [1.82, 2.24) is 19.9 Å². The van der Waals surface area contributed by atoms with Gasteiger partial charge in [0.1, 0.15) is 11.6 Å². The van der Waals surface area contributed by atoms with E-state index in [0.29, 0.717) is 23.4 Å². The van der Waals surface area contributed by atoms with Crippen LogP contribution in [0.1, 0.15) is 44.1 Å². The third-order valence-electron chi connectivity index (χ3n) is 7.39. The van der Waals surface area contributed by atoms with Crippen LogP contribution >= 0.6 is 0 Å². The number of benzene rings is 1. The molecule has 3 N–H and O–H groups in total. The molecule has 36 heavy (non-hydrogen) atoms. The van der Waals surface area contributed by atoms with Crippen LogP contribution in [0, 0.1) is 11.7 Å². The molecule has 1 saturated carbocycles. The lowest BCUT2D eigenvalue weighted by Crippen LogP contribution is -2.30. The number of hydrogen-bond acceptors (Lipinski definition) is 7. The maximum Gasteiger partial charge on any atom is 0.229 e. The molecule has 7 nitrogen and oxygen atoms in total. The summed E-state index contributed by atoms with van der Waals surface area (Å²) in [7, 11) is 2.19. The maximum absolute atomic E-state index is 13.3. The van der Waals surface area contributed by atoms with E-state index in [4.69, 9.17) is 9.97 Å². The van der Waals surface area contributed by atoms with Crippen molar-refractivity contribution in [2.75, 3.05) is 30.8 Å². The molecule has 3 aromatic rings. The van der Waals surface area contributed by atoms with Crippen LogP contribution in [-0.2, 0) is 6.42 Å². The summed E-state index contributed by atoms with van der Waals surface area (Å²) in [4.78, 5) is 16.5. The van der Waals surface area contributed by atoms with Crippen LogP contribution in [0.15, 0.2) is 48.8 Å². The molecule has 0 spiro atoms. The summed E-state index contributed by atoms with van der Waals surface area (Å²) >= 11 is 0. The van der Waals surface area contributed by atoms with Crippen molar-refractivity contribution in [3.8, 4) is 11.3 Å². The van der Waals surface area contributed by atoms with Gasteiger partial charge in [0.2, 0.25) is 5.95 Å². The molecule has 3 heterocycles. The molecule has 0 amide bonds. The number of nitrogens with one attached hydrogen (secondary N) is 2. The number of piperidine rings is 1. The average Bonchev–Trinajstić information content (AvgIpc) is 2.89. The van der Waals surface area contributed by atoms with Gasteiger partial charge in [0.15, 0.2) is 0 Å². The highest BCUT2D eigenvalue weighted by molar-refractivity contribution is 5.73. The Hall–Kier alpha value is -3.10. The molecule has 0 bridgehead atoms. The Morgan fingerprint density at radius 2 is 1.69 bits per heavy atom. The summed E-state index contributed by atoms with van der Waals surface area (Å²) in [5, 5.41) is 16.6. The molecule has 1 saturated heterocycles. The minimum atomic E-state index is -0.288. The van der Waals surface area contributed by atoms with Crippen molar-refractivity contribution >= 4 is 17.5 Å². The Balaban J connectivity index is 1.35. The lowest BCUT2D eigenvalue weighted by atomic mass is 9.91. The predicted octanol–water partition coefficient (Wildman–Crippen LogP) is 5.02. The van der Waals surface area contributed by atoms with Gasteiger partial charge in [-0.15, -0.1) is 0 Å². The van der Waals surface area contributed by atoms with E-state index in [-0.39, 0.29) is 18.0 Å². The fraction of sp³-hybridized carbons (Fsp3) is 0.464. The first-order valence-electron chi connectivity index (χ1n) is 13.0. The Bertz CT molecular complexity index is 1120. The topological polar surface area (TPSA) is 86.2 Å². The van der Waals surface area contributed by atoms with Gasteiger partial charge in [0, 0.05) is 24.1 Å². The minimum absolute atomic E-state index is 0.220. The fourth-order valence-electron chi connectivity index (χ4n) is 5.12. The van der Waals surface area contributed by atoms with Crippen LogP contribution in [-0.4, -0.2) is 57.2 Å². The van der Waals surface area contributed by atoms with E-state index in [1.807, 2.05) is 6.20 Å². The zero-order valence-corrected chi connectivity index (χ0v) is 20.8. The summed E-state index contributed by atoms with van der Waals surface area (Å²) in [6.45, 7) is 2.33. The summed E-state index contributed by atoms with van der Waals surface area (Å²) < 4.78 is 13.3. The van der Waals surface area contributed by atoms with Crippen LogP contribution in [0.2, 0.25) is 0 Å². The van der Waals surface area contributed by atoms with E-state index >= 15 is 0 Å². The van der Waals surface area contributed by atoms with Gasteiger partial charge in [-0.3, -0.25) is 4.98 Å². The number of aliphatic hydroxyl groups is 1. The lowest BCUT2D eigenvalue weighted by Gasteiger charge is -2.29. The molecule has 0 atom stereocenters. The van der Waals surface area contributed by atoms with Crippen LogP contribution in [0.5, 0.6) is 0 Å². The van der Waals surface area contributed by atoms with Gasteiger partial charge in [0.25, 0.3) is 0 Å². The molecule has 1 aromatic carbocycles. The smallest absolute Gasteiger partial charge is 0.229 e. The number of aliphatic hydroxyl groups excluding tert-OH is 1. The number of pyridine rings is 1. The van der Waals surface area contributed by atoms with E-state index in [1.54, 1.807) is 18.3 Å². The van der Waals surface area contributed by atoms with Gasteiger partial charge in [0.05, 0.1) is 17.4 Å². The van der Waals surface area contributed by atoms with Crippen molar-refractivity contribution in [2.45, 2.75) is 57.1 Å². The molecule has 190 valence electrons. The van der Waals surface area contributed by atoms with E-state index in [2.05, 4.69) is 39.7 Å². The summed E-state index contributed by atoms with van der Waals surface area (Å²) in [6, 6.07) is 10.6. The third kappa shape index (κ3) is 6.36. The molecule has 2 fully saturated rings. The number of anilines is 3. The second-order valence-electron chi connectivity index (χ2n) is 10.2. The maximum atomic E-state index is 13.3. The number of rotatable bonds is 7. The average molecular weight is 491 g/mol. The van der Waals surface area contributed by atoms with Gasteiger partial charge >= 0.3 is 0 Å². The summed E-state index contributed by atoms with van der Waals surface area (Å²) in [5.41, 5.74) is 3.65. The Labute approximate surface area is 212 Å². The minimum Gasteiger partial charge on any atom is -0.393 e. The molecule has 5 rings (SSSR count). The number of likely N-dealkylation sites (tertiary alicyclic amines) is 1. The second-order valence-corrected chi connectivity index (χ2v) is 10.2. The van der Waals surface area contributed by atoms with Gasteiger partial charge in [-0.25, -0.2) is 9.37 Å². The van der Waals surface area contributed by atoms with Crippen LogP contribution in [0.4, 0.5) is 21.8 Å². The van der Waals surface area contributed by atoms with Gasteiger partial charge in [-0.05, 0) is 107 Å². The predicted molar refractivity (Wildman–Crippen MR) is 141 cm³/mol. The zero-order valence-electron chi connectivity index (χ0n) is 20.8. The summed E-state index contributed by atoms with van der Waals surface area (Å²) in [6.07, 6.45) is 10.4. The van der Waals surface area contributed by atoms with E-state index in [9.17, 15) is 9.50 Å². The van der Waals surface area contributed by atoms with Crippen LogP contribution < -0.4 is 10.6 Å². The van der Waals surface area contributed by atoms with Gasteiger partial charge < -0.3 is 20.6 Å². The van der Waals surface area contributed by atoms with Crippen molar-refractivity contribution in [3.63, 3.8) is 0 Å². The number of aromatic nitrogens is 3. The largest absolute Gasteiger partial charge is 0.393 e. The summed E-state index contributed by atoms with van der Waals surface area (Å²) in [5.74, 6) is 1.58. The number of nitrogens with zero attached hydrogens (tertiary/aromatic N) is 4. The SMILES string of the molecule is CN1CCC(Cc2ccc(-c3cnc(Nc4ccc(F)cc4)nc3NC3CCC(O)CC3)nc2)CC1. The normalized spacial score (nSPS) is 21.3. The molecule has 0 unspecified atom stereocenters. The first-order valence-corrected chi connectivity index (χ1v) is 13.0. The highest BCUT2D eigenvalue weighted by atomic mass is 19.1. The third-order valence-corrected chi connectivity index (χ3v) is 7.39. The van der Waals surface area contributed by atoms with Crippen molar-refractivity contribution in [3.05, 3.63) is 60.2 Å². The first-order chi connectivity index (χ1) is 17.5. The number of hydrogen-bond donors (Lipinski definition) is 3. The monoisotopic (exact) mass is 490 g/mol. The van der Waals surface area contributed by atoms with Crippen molar-refractivity contribution in [1.29, 1.82) is 0 Å². The molecule has 2 aromatic heterocycles. The van der Waals surface area contributed by atoms with Crippen molar-refractivity contribution in [2.24, 2.45) is 5.92 Å². The van der Waals surface area contributed by atoms with E-state index in [0.717, 1.165) is 43.4 Å². The molecule has 2 aliphatic rings. The van der Waals surface area contributed by atoms with E-state index in [1.165, 1.54) is 43.6 Å². The van der Waals surface area contributed by atoms with Crippen LogP contribution in [0.25, 0.3) is 11.3 Å². The molecular weight excluding hydrogens is 455 g/mol. The quantitative estimate of drug-likeness (QED) is 0.429.